The van der Waals surface area contributed by atoms with Crippen LogP contribution in [0.5, 0.6) is 0 Å². The summed E-state index contributed by atoms with van der Waals surface area (Å²) in [5, 5.41) is 13.5. The normalized spacial score (nSPS) is 13.2. The fourth-order valence-corrected chi connectivity index (χ4v) is 1.40. The van der Waals surface area contributed by atoms with Gasteiger partial charge in [-0.15, -0.1) is 0 Å². The Labute approximate surface area is 98.1 Å². The lowest BCUT2D eigenvalue weighted by molar-refractivity contribution is -0.120. The fourth-order valence-electron chi connectivity index (χ4n) is 1.40. The van der Waals surface area contributed by atoms with Gasteiger partial charge in [0.15, 0.2) is 0 Å². The summed E-state index contributed by atoms with van der Waals surface area (Å²) >= 11 is 0. The van der Waals surface area contributed by atoms with Crippen LogP contribution in [-0.2, 0) is 4.79 Å². The summed E-state index contributed by atoms with van der Waals surface area (Å²) in [4.78, 5) is 11.4. The van der Waals surface area contributed by atoms with Gasteiger partial charge in [-0.05, 0) is 13.0 Å². The van der Waals surface area contributed by atoms with Gasteiger partial charge in [-0.25, -0.2) is 4.39 Å². The lowest BCUT2D eigenvalue weighted by atomic mass is 10.1. The summed E-state index contributed by atoms with van der Waals surface area (Å²) in [6.07, 6.45) is -0.227. The van der Waals surface area contributed by atoms with E-state index in [2.05, 4.69) is 10.5 Å². The fraction of sp³-hybridized carbons (Fsp3) is 0.273. The van der Waals surface area contributed by atoms with Gasteiger partial charge in [-0.2, -0.15) is 0 Å². The van der Waals surface area contributed by atoms with Crippen LogP contribution >= 0.6 is 0 Å². The number of amidine groups is 1. The maximum absolute atomic E-state index is 13.4. The monoisotopic (exact) mass is 239 g/mol. The number of oxime groups is 1. The van der Waals surface area contributed by atoms with Crippen LogP contribution in [0.3, 0.4) is 0 Å². The molecule has 0 fully saturated rings. The van der Waals surface area contributed by atoms with Crippen molar-refractivity contribution >= 4 is 11.7 Å². The van der Waals surface area contributed by atoms with E-state index in [9.17, 15) is 9.18 Å². The minimum atomic E-state index is -0.477. The first-order valence-electron chi connectivity index (χ1n) is 5.04. The van der Waals surface area contributed by atoms with Gasteiger partial charge in [0.2, 0.25) is 5.91 Å². The molecule has 0 saturated heterocycles. The molecule has 0 aliphatic rings. The Bertz CT molecular complexity index is 434. The van der Waals surface area contributed by atoms with Gasteiger partial charge in [-0.1, -0.05) is 23.4 Å². The van der Waals surface area contributed by atoms with E-state index in [-0.39, 0.29) is 18.1 Å². The number of amides is 1. The average Bonchev–Trinajstić information content (AvgIpc) is 2.29. The molecule has 4 N–H and O–H groups in total. The number of hydrogen-bond acceptors (Lipinski definition) is 3. The SMILES string of the molecule is CC(NC(=O)C/C(N)=N/O)c1ccccc1F. The molecule has 92 valence electrons. The van der Waals surface area contributed by atoms with Crippen LogP contribution < -0.4 is 11.1 Å². The standard InChI is InChI=1S/C11H14FN3O2/c1-7(8-4-2-3-5-9(8)12)14-11(16)6-10(13)15-17/h2-5,7,17H,6H2,1H3,(H2,13,15)(H,14,16). The first-order valence-corrected chi connectivity index (χ1v) is 5.04. The van der Waals surface area contributed by atoms with Crippen LogP contribution in [0.2, 0.25) is 0 Å². The van der Waals surface area contributed by atoms with Crippen LogP contribution in [0.1, 0.15) is 24.9 Å². The Morgan fingerprint density at radius 3 is 2.82 bits per heavy atom. The van der Waals surface area contributed by atoms with Crippen molar-refractivity contribution in [3.05, 3.63) is 35.6 Å². The third-order valence-corrected chi connectivity index (χ3v) is 2.22. The average molecular weight is 239 g/mol. The number of carbonyl (C=O) groups is 1. The molecule has 6 heteroatoms. The molecule has 0 radical (unpaired) electrons. The van der Waals surface area contributed by atoms with Crippen LogP contribution in [0.4, 0.5) is 4.39 Å². The topological polar surface area (TPSA) is 87.7 Å². The van der Waals surface area contributed by atoms with Crippen molar-refractivity contribution in [3.63, 3.8) is 0 Å². The van der Waals surface area contributed by atoms with Crippen molar-refractivity contribution in [1.82, 2.24) is 5.32 Å². The van der Waals surface area contributed by atoms with Crippen molar-refractivity contribution in [2.75, 3.05) is 0 Å². The molecule has 0 aliphatic heterocycles. The van der Waals surface area contributed by atoms with Crippen LogP contribution in [-0.4, -0.2) is 17.0 Å². The van der Waals surface area contributed by atoms with Crippen LogP contribution in [0, 0.1) is 5.82 Å². The molecule has 0 saturated carbocycles. The van der Waals surface area contributed by atoms with E-state index in [1.54, 1.807) is 25.1 Å². The Balaban J connectivity index is 2.64. The minimum absolute atomic E-state index is 0.191. The number of carbonyl (C=O) groups excluding carboxylic acids is 1. The highest BCUT2D eigenvalue weighted by atomic mass is 19.1. The summed E-state index contributed by atoms with van der Waals surface area (Å²) in [6.45, 7) is 1.66. The molecule has 0 aromatic heterocycles. The summed E-state index contributed by atoms with van der Waals surface area (Å²) in [5.74, 6) is -1.01. The molecule has 0 aliphatic carbocycles. The molecule has 1 amide bonds. The second-order valence-electron chi connectivity index (χ2n) is 3.58. The van der Waals surface area contributed by atoms with Crippen molar-refractivity contribution in [2.45, 2.75) is 19.4 Å². The molecule has 1 rings (SSSR count). The van der Waals surface area contributed by atoms with E-state index in [1.165, 1.54) is 6.07 Å². The van der Waals surface area contributed by atoms with Gasteiger partial charge in [0, 0.05) is 5.56 Å². The Kier molecular flexibility index (Phi) is 4.45. The maximum Gasteiger partial charge on any atom is 0.228 e. The highest BCUT2D eigenvalue weighted by Crippen LogP contribution is 2.15. The number of hydrogen-bond donors (Lipinski definition) is 3. The third kappa shape index (κ3) is 3.75. The highest BCUT2D eigenvalue weighted by molar-refractivity contribution is 5.98. The largest absolute Gasteiger partial charge is 0.409 e. The van der Waals surface area contributed by atoms with E-state index in [0.717, 1.165) is 0 Å². The van der Waals surface area contributed by atoms with Gasteiger partial charge in [0.05, 0.1) is 12.5 Å². The molecule has 17 heavy (non-hydrogen) atoms. The zero-order chi connectivity index (χ0) is 12.8. The summed E-state index contributed by atoms with van der Waals surface area (Å²) in [5.41, 5.74) is 5.57. The smallest absolute Gasteiger partial charge is 0.228 e. The zero-order valence-corrected chi connectivity index (χ0v) is 9.35. The Hall–Kier alpha value is -2.11. The summed E-state index contributed by atoms with van der Waals surface area (Å²) in [7, 11) is 0. The Morgan fingerprint density at radius 2 is 2.24 bits per heavy atom. The van der Waals surface area contributed by atoms with E-state index >= 15 is 0 Å². The number of rotatable bonds is 4. The van der Waals surface area contributed by atoms with Crippen molar-refractivity contribution in [3.8, 4) is 0 Å². The molecule has 0 spiro atoms. The van der Waals surface area contributed by atoms with E-state index < -0.39 is 11.9 Å². The van der Waals surface area contributed by atoms with Gasteiger partial charge < -0.3 is 16.3 Å². The van der Waals surface area contributed by atoms with Gasteiger partial charge in [0.1, 0.15) is 11.7 Å². The van der Waals surface area contributed by atoms with E-state index in [4.69, 9.17) is 10.9 Å². The second kappa shape index (κ2) is 5.83. The summed E-state index contributed by atoms with van der Waals surface area (Å²) in [6, 6.07) is 5.69. The molecular formula is C11H14FN3O2. The van der Waals surface area contributed by atoms with Crippen molar-refractivity contribution in [1.29, 1.82) is 0 Å². The zero-order valence-electron chi connectivity index (χ0n) is 9.35. The van der Waals surface area contributed by atoms with E-state index in [0.29, 0.717) is 5.56 Å². The number of nitrogens with zero attached hydrogens (tertiary/aromatic N) is 1. The van der Waals surface area contributed by atoms with Crippen molar-refractivity contribution < 1.29 is 14.4 Å². The molecule has 0 bridgehead atoms. The van der Waals surface area contributed by atoms with Gasteiger partial charge >= 0.3 is 0 Å². The number of halogens is 1. The van der Waals surface area contributed by atoms with Gasteiger partial charge in [-0.3, -0.25) is 4.79 Å². The van der Waals surface area contributed by atoms with Crippen molar-refractivity contribution in [2.24, 2.45) is 10.9 Å². The number of nitrogens with one attached hydrogen (secondary N) is 1. The number of benzene rings is 1. The Morgan fingerprint density at radius 1 is 1.59 bits per heavy atom. The molecule has 1 aromatic rings. The molecule has 1 unspecified atom stereocenters. The van der Waals surface area contributed by atoms with E-state index in [1.807, 2.05) is 0 Å². The van der Waals surface area contributed by atoms with Gasteiger partial charge in [0.25, 0.3) is 0 Å². The molecule has 5 nitrogen and oxygen atoms in total. The predicted octanol–water partition coefficient (Wildman–Crippen LogP) is 1.14. The predicted molar refractivity (Wildman–Crippen MR) is 61.0 cm³/mol. The number of nitrogens with two attached hydrogens (primary N) is 1. The maximum atomic E-state index is 13.4. The highest BCUT2D eigenvalue weighted by Gasteiger charge is 2.13. The first-order chi connectivity index (χ1) is 8.04. The molecule has 0 heterocycles. The minimum Gasteiger partial charge on any atom is -0.409 e. The van der Waals surface area contributed by atoms with Crippen LogP contribution in [0.15, 0.2) is 29.4 Å². The summed E-state index contributed by atoms with van der Waals surface area (Å²) < 4.78 is 13.4. The second-order valence-corrected chi connectivity index (χ2v) is 3.58. The third-order valence-electron chi connectivity index (χ3n) is 2.22. The molecule has 1 atom stereocenters. The molecular weight excluding hydrogens is 225 g/mol. The lowest BCUT2D eigenvalue weighted by Crippen LogP contribution is -2.31. The quantitative estimate of drug-likeness (QED) is 0.318. The lowest BCUT2D eigenvalue weighted by Gasteiger charge is -2.14. The molecule has 1 aromatic carbocycles. The first kappa shape index (κ1) is 13.0. The van der Waals surface area contributed by atoms with Crippen LogP contribution in [0.25, 0.3) is 0 Å².